The summed E-state index contributed by atoms with van der Waals surface area (Å²) in [7, 11) is 0. The molecule has 2 aromatic rings. The van der Waals surface area contributed by atoms with Crippen LogP contribution in [0.4, 0.5) is 0 Å². The van der Waals surface area contributed by atoms with E-state index in [0.717, 1.165) is 5.56 Å². The van der Waals surface area contributed by atoms with Gasteiger partial charge in [-0.3, -0.25) is 15.1 Å². The van der Waals surface area contributed by atoms with Crippen molar-refractivity contribution in [2.24, 2.45) is 4.99 Å². The molecule has 1 aliphatic heterocycles. The topological polar surface area (TPSA) is 97.9 Å². The summed E-state index contributed by atoms with van der Waals surface area (Å²) >= 11 is 5.77. The van der Waals surface area contributed by atoms with Crippen LogP contribution in [0.2, 0.25) is 5.15 Å². The summed E-state index contributed by atoms with van der Waals surface area (Å²) in [6.07, 6.45) is 1.59. The number of nitro groups is 1. The zero-order valence-corrected chi connectivity index (χ0v) is 14.4. The SMILES string of the molecule is O=C(Oc1ccccc1)C(C1=NCCN1Cc1ccc(Cl)nc1)[N+](=O)[O-]. The second-order valence-electron chi connectivity index (χ2n) is 5.57. The van der Waals surface area contributed by atoms with Crippen LogP contribution in [0.15, 0.2) is 53.7 Å². The van der Waals surface area contributed by atoms with Crippen LogP contribution in [-0.4, -0.2) is 45.7 Å². The van der Waals surface area contributed by atoms with E-state index in [1.165, 1.54) is 0 Å². The number of rotatable bonds is 6. The number of hydrogen-bond donors (Lipinski definition) is 0. The van der Waals surface area contributed by atoms with Gasteiger partial charge >= 0.3 is 12.0 Å². The summed E-state index contributed by atoms with van der Waals surface area (Å²) in [5.74, 6) is -0.636. The van der Waals surface area contributed by atoms with Crippen LogP contribution in [0.3, 0.4) is 0 Å². The van der Waals surface area contributed by atoms with E-state index < -0.39 is 16.9 Å². The Morgan fingerprint density at radius 3 is 2.73 bits per heavy atom. The fourth-order valence-corrected chi connectivity index (χ4v) is 2.70. The minimum atomic E-state index is -1.68. The first-order valence-corrected chi connectivity index (χ1v) is 8.22. The van der Waals surface area contributed by atoms with E-state index in [-0.39, 0.29) is 11.6 Å². The number of amidine groups is 1. The molecule has 2 heterocycles. The van der Waals surface area contributed by atoms with Crippen molar-refractivity contribution in [3.8, 4) is 5.75 Å². The number of aliphatic imine (C=N–C) groups is 1. The maximum Gasteiger partial charge on any atom is 0.395 e. The van der Waals surface area contributed by atoms with Crippen molar-refractivity contribution in [2.75, 3.05) is 13.1 Å². The monoisotopic (exact) mass is 374 g/mol. The highest BCUT2D eigenvalue weighted by Crippen LogP contribution is 2.16. The molecule has 0 saturated carbocycles. The van der Waals surface area contributed by atoms with Gasteiger partial charge < -0.3 is 9.64 Å². The lowest BCUT2D eigenvalue weighted by Crippen LogP contribution is -2.47. The van der Waals surface area contributed by atoms with Gasteiger partial charge in [0.15, 0.2) is 5.84 Å². The summed E-state index contributed by atoms with van der Waals surface area (Å²) in [6.45, 7) is 1.19. The van der Waals surface area contributed by atoms with Gasteiger partial charge in [0.1, 0.15) is 10.9 Å². The highest BCUT2D eigenvalue weighted by molar-refractivity contribution is 6.29. The van der Waals surface area contributed by atoms with Crippen LogP contribution < -0.4 is 4.74 Å². The second kappa shape index (κ2) is 7.92. The average molecular weight is 375 g/mol. The summed E-state index contributed by atoms with van der Waals surface area (Å²) in [5.41, 5.74) is 0.808. The Morgan fingerprint density at radius 1 is 1.31 bits per heavy atom. The third kappa shape index (κ3) is 4.15. The van der Waals surface area contributed by atoms with Gasteiger partial charge in [0.2, 0.25) is 0 Å². The molecule has 1 aromatic carbocycles. The van der Waals surface area contributed by atoms with Crippen LogP contribution in [0.25, 0.3) is 0 Å². The van der Waals surface area contributed by atoms with Crippen molar-refractivity contribution in [1.82, 2.24) is 9.88 Å². The molecule has 1 aromatic heterocycles. The Hall–Kier alpha value is -3.00. The van der Waals surface area contributed by atoms with Gasteiger partial charge in [-0.25, -0.2) is 9.78 Å². The highest BCUT2D eigenvalue weighted by atomic mass is 35.5. The number of benzene rings is 1. The Balaban J connectivity index is 1.76. The number of esters is 1. The number of halogens is 1. The molecular formula is C17H15ClN4O4. The first kappa shape index (κ1) is 17.8. The van der Waals surface area contributed by atoms with Crippen molar-refractivity contribution in [3.05, 3.63) is 69.5 Å². The molecule has 0 radical (unpaired) electrons. The van der Waals surface area contributed by atoms with Gasteiger partial charge in [0, 0.05) is 24.2 Å². The van der Waals surface area contributed by atoms with Gasteiger partial charge in [-0.2, -0.15) is 0 Å². The molecular weight excluding hydrogens is 360 g/mol. The number of hydrogen-bond acceptors (Lipinski definition) is 7. The Morgan fingerprint density at radius 2 is 2.08 bits per heavy atom. The molecule has 1 aliphatic rings. The molecule has 1 unspecified atom stereocenters. The van der Waals surface area contributed by atoms with Crippen LogP contribution in [0.1, 0.15) is 5.56 Å². The Kier molecular flexibility index (Phi) is 5.43. The standard InChI is InChI=1S/C17H15ClN4O4/c18-14-7-6-12(10-20-14)11-21-9-8-19-16(21)15(22(24)25)17(23)26-13-4-2-1-3-5-13/h1-7,10,15H,8-9,11H2. The second-order valence-corrected chi connectivity index (χ2v) is 5.96. The van der Waals surface area contributed by atoms with Crippen molar-refractivity contribution >= 4 is 23.4 Å². The van der Waals surface area contributed by atoms with Crippen molar-refractivity contribution in [3.63, 3.8) is 0 Å². The van der Waals surface area contributed by atoms with Gasteiger partial charge in [-0.1, -0.05) is 35.9 Å². The summed E-state index contributed by atoms with van der Waals surface area (Å²) in [5, 5.41) is 11.9. The predicted octanol–water partition coefficient (Wildman–Crippen LogP) is 2.20. The molecule has 0 amide bonds. The summed E-state index contributed by atoms with van der Waals surface area (Å²) in [6, 6.07) is 9.95. The van der Waals surface area contributed by atoms with Crippen LogP contribution in [-0.2, 0) is 11.3 Å². The van der Waals surface area contributed by atoms with E-state index in [9.17, 15) is 14.9 Å². The minimum absolute atomic E-state index is 0.0888. The fourth-order valence-electron chi connectivity index (χ4n) is 2.59. The number of carbonyl (C=O) groups excluding carboxylic acids is 1. The Labute approximate surface area is 154 Å². The lowest BCUT2D eigenvalue weighted by atomic mass is 10.2. The van der Waals surface area contributed by atoms with E-state index in [1.54, 1.807) is 53.6 Å². The predicted molar refractivity (Wildman–Crippen MR) is 94.8 cm³/mol. The van der Waals surface area contributed by atoms with Crippen molar-refractivity contribution < 1.29 is 14.5 Å². The van der Waals surface area contributed by atoms with Gasteiger partial charge in [-0.05, 0) is 23.8 Å². The molecule has 3 rings (SSSR count). The molecule has 0 spiro atoms. The molecule has 9 heteroatoms. The molecule has 0 aliphatic carbocycles. The zero-order chi connectivity index (χ0) is 18.5. The summed E-state index contributed by atoms with van der Waals surface area (Å²) in [4.78, 5) is 33.1. The van der Waals surface area contributed by atoms with E-state index in [2.05, 4.69) is 9.98 Å². The van der Waals surface area contributed by atoms with Crippen LogP contribution in [0.5, 0.6) is 5.75 Å². The average Bonchev–Trinajstić information content (AvgIpc) is 3.05. The third-order valence-electron chi connectivity index (χ3n) is 3.77. The molecule has 0 N–H and O–H groups in total. The Bertz CT molecular complexity index is 826. The number of carbonyl (C=O) groups is 1. The van der Waals surface area contributed by atoms with Crippen molar-refractivity contribution in [1.29, 1.82) is 0 Å². The number of para-hydroxylation sites is 1. The first-order valence-electron chi connectivity index (χ1n) is 7.84. The number of nitrogens with zero attached hydrogens (tertiary/aromatic N) is 4. The molecule has 0 bridgehead atoms. The number of ether oxygens (including phenoxy) is 1. The molecule has 0 saturated heterocycles. The lowest BCUT2D eigenvalue weighted by molar-refractivity contribution is -0.492. The molecule has 26 heavy (non-hydrogen) atoms. The van der Waals surface area contributed by atoms with Crippen LogP contribution >= 0.6 is 11.6 Å². The van der Waals surface area contributed by atoms with Crippen LogP contribution in [0, 0.1) is 10.1 Å². The largest absolute Gasteiger partial charge is 0.421 e. The molecule has 8 nitrogen and oxygen atoms in total. The van der Waals surface area contributed by atoms with E-state index in [0.29, 0.717) is 24.8 Å². The number of pyridine rings is 1. The maximum atomic E-state index is 12.4. The minimum Gasteiger partial charge on any atom is -0.421 e. The summed E-state index contributed by atoms with van der Waals surface area (Å²) < 4.78 is 5.15. The normalized spacial score (nSPS) is 14.7. The van der Waals surface area contributed by atoms with E-state index in [4.69, 9.17) is 16.3 Å². The zero-order valence-electron chi connectivity index (χ0n) is 13.6. The third-order valence-corrected chi connectivity index (χ3v) is 3.99. The smallest absolute Gasteiger partial charge is 0.395 e. The highest BCUT2D eigenvalue weighted by Gasteiger charge is 2.42. The van der Waals surface area contributed by atoms with Gasteiger partial charge in [-0.15, -0.1) is 0 Å². The van der Waals surface area contributed by atoms with Gasteiger partial charge in [0.05, 0.1) is 6.54 Å². The lowest BCUT2D eigenvalue weighted by Gasteiger charge is -2.21. The molecule has 134 valence electrons. The van der Waals surface area contributed by atoms with E-state index in [1.807, 2.05) is 0 Å². The maximum absolute atomic E-state index is 12.4. The number of aromatic nitrogens is 1. The van der Waals surface area contributed by atoms with E-state index >= 15 is 0 Å². The fraction of sp³-hybridized carbons (Fsp3) is 0.235. The molecule has 1 atom stereocenters. The van der Waals surface area contributed by atoms with Gasteiger partial charge in [0.25, 0.3) is 0 Å². The quantitative estimate of drug-likeness (QED) is 0.253. The van der Waals surface area contributed by atoms with Crippen molar-refractivity contribution in [2.45, 2.75) is 12.6 Å². The first-order chi connectivity index (χ1) is 12.5. The molecule has 0 fully saturated rings.